The molecule has 132 valence electrons. The van der Waals surface area contributed by atoms with Gasteiger partial charge in [0.15, 0.2) is 0 Å². The van der Waals surface area contributed by atoms with Crippen LogP contribution in [0.2, 0.25) is 0 Å². The van der Waals surface area contributed by atoms with Crippen LogP contribution in [0.3, 0.4) is 0 Å². The highest BCUT2D eigenvalue weighted by atomic mass is 32.2. The predicted molar refractivity (Wildman–Crippen MR) is 117 cm³/mol. The zero-order valence-electron chi connectivity index (χ0n) is 14.6. The van der Waals surface area contributed by atoms with E-state index in [9.17, 15) is 4.79 Å². The molecule has 2 aliphatic rings. The summed E-state index contributed by atoms with van der Waals surface area (Å²) in [5, 5.41) is 3.65. The zero-order valence-corrected chi connectivity index (χ0v) is 17.0. The Hall–Kier alpha value is -1.76. The van der Waals surface area contributed by atoms with Crippen LogP contribution in [0.15, 0.2) is 63.4 Å². The summed E-state index contributed by atoms with van der Waals surface area (Å²) >= 11 is 8.42. The first-order valence-electron chi connectivity index (χ1n) is 8.56. The number of allylic oxidation sites excluding steroid dienone is 2. The number of fused-ring (bicyclic) bond motifs is 3. The largest absolute Gasteiger partial charge is 0.335 e. The van der Waals surface area contributed by atoms with Crippen LogP contribution in [0.4, 0.5) is 5.69 Å². The maximum atomic E-state index is 12.4. The average Bonchev–Trinajstić information content (AvgIpc) is 3.16. The molecule has 1 amide bonds. The molecule has 0 aliphatic carbocycles. The normalized spacial score (nSPS) is 20.1. The van der Waals surface area contributed by atoms with Crippen molar-refractivity contribution in [1.82, 2.24) is 4.90 Å². The van der Waals surface area contributed by atoms with E-state index in [0.717, 1.165) is 11.6 Å². The highest BCUT2D eigenvalue weighted by molar-refractivity contribution is 8.26. The lowest BCUT2D eigenvalue weighted by atomic mass is 10.1. The second-order valence-electron chi connectivity index (χ2n) is 5.93. The number of hydrogen-bond donors (Lipinski definition) is 0. The molecule has 0 aromatic heterocycles. The maximum absolute atomic E-state index is 12.4. The second kappa shape index (κ2) is 7.10. The van der Waals surface area contributed by atoms with Gasteiger partial charge < -0.3 is 4.90 Å². The van der Waals surface area contributed by atoms with Crippen LogP contribution in [0.5, 0.6) is 0 Å². The summed E-state index contributed by atoms with van der Waals surface area (Å²) in [5.41, 5.74) is 1.26. The van der Waals surface area contributed by atoms with E-state index in [1.54, 1.807) is 16.7 Å². The lowest BCUT2D eigenvalue weighted by molar-refractivity contribution is -0.122. The highest BCUT2D eigenvalue weighted by Gasteiger charge is 2.31. The Kier molecular flexibility index (Phi) is 4.82. The molecule has 0 unspecified atom stereocenters. The molecule has 2 aromatic rings. The Morgan fingerprint density at radius 3 is 2.50 bits per heavy atom. The number of benzene rings is 2. The quantitative estimate of drug-likeness (QED) is 0.510. The van der Waals surface area contributed by atoms with Crippen LogP contribution in [-0.2, 0) is 4.79 Å². The van der Waals surface area contributed by atoms with Crippen LogP contribution in [0.25, 0.3) is 10.8 Å². The molecule has 0 radical (unpaired) electrons. The summed E-state index contributed by atoms with van der Waals surface area (Å²) < 4.78 is 0.642. The summed E-state index contributed by atoms with van der Waals surface area (Å²) in [6, 6.07) is 12.8. The van der Waals surface area contributed by atoms with Gasteiger partial charge in [0.2, 0.25) is 0 Å². The van der Waals surface area contributed by atoms with Crippen molar-refractivity contribution in [2.75, 3.05) is 18.0 Å². The molecule has 6 heteroatoms. The van der Waals surface area contributed by atoms with Crippen molar-refractivity contribution in [3.05, 3.63) is 58.5 Å². The Balaban J connectivity index is 1.71. The molecule has 1 saturated heterocycles. The number of amides is 1. The number of nitrogens with zero attached hydrogens (tertiary/aromatic N) is 2. The van der Waals surface area contributed by atoms with Gasteiger partial charge in [-0.3, -0.25) is 9.69 Å². The fourth-order valence-electron chi connectivity index (χ4n) is 3.25. The number of thioether (sulfide) groups is 2. The second-order valence-corrected chi connectivity index (χ2v) is 8.67. The molecule has 0 bridgehead atoms. The van der Waals surface area contributed by atoms with Crippen molar-refractivity contribution in [1.29, 1.82) is 0 Å². The molecule has 1 fully saturated rings. The third-order valence-corrected chi connectivity index (χ3v) is 7.01. The molecule has 2 aliphatic heterocycles. The van der Waals surface area contributed by atoms with E-state index < -0.39 is 0 Å². The van der Waals surface area contributed by atoms with Crippen molar-refractivity contribution in [2.45, 2.75) is 18.7 Å². The van der Waals surface area contributed by atoms with Gasteiger partial charge >= 0.3 is 0 Å². The number of carbonyl (C=O) groups excluding carboxylic acids is 1. The van der Waals surface area contributed by atoms with Gasteiger partial charge in [0.1, 0.15) is 4.32 Å². The van der Waals surface area contributed by atoms with Gasteiger partial charge in [0.25, 0.3) is 5.91 Å². The Morgan fingerprint density at radius 2 is 1.77 bits per heavy atom. The molecule has 0 atom stereocenters. The van der Waals surface area contributed by atoms with Crippen LogP contribution in [0, 0.1) is 0 Å². The number of anilines is 1. The van der Waals surface area contributed by atoms with Crippen LogP contribution in [0.1, 0.15) is 13.8 Å². The predicted octanol–water partition coefficient (Wildman–Crippen LogP) is 5.38. The topological polar surface area (TPSA) is 23.6 Å². The van der Waals surface area contributed by atoms with Gasteiger partial charge in [-0.05, 0) is 37.5 Å². The van der Waals surface area contributed by atoms with E-state index >= 15 is 0 Å². The SMILES string of the molecule is CCN1C(=O)/C(=C\C=C2\Sc3ccc4ccccc4c3N2CC)SC1=S. The first-order chi connectivity index (χ1) is 12.6. The number of rotatable bonds is 3. The molecular formula is C20H18N2OS3. The summed E-state index contributed by atoms with van der Waals surface area (Å²) in [6.45, 7) is 5.59. The molecule has 0 N–H and O–H groups in total. The zero-order chi connectivity index (χ0) is 18.3. The third kappa shape index (κ3) is 2.86. The molecular weight excluding hydrogens is 380 g/mol. The fraction of sp³-hybridized carbons (Fsp3) is 0.200. The van der Waals surface area contributed by atoms with Crippen molar-refractivity contribution >= 4 is 62.4 Å². The standard InChI is InChI=1S/C20H18N2OS3/c1-3-21-17(12-11-16-19(23)22(4-2)20(24)26-16)25-15-10-9-13-7-5-6-8-14(13)18(15)21/h5-12H,3-4H2,1-2H3/b16-11+,17-12+. The van der Waals surface area contributed by atoms with E-state index in [0.29, 0.717) is 15.8 Å². The summed E-state index contributed by atoms with van der Waals surface area (Å²) in [4.78, 5) is 18.3. The molecule has 2 aromatic carbocycles. The van der Waals surface area contributed by atoms with E-state index in [1.807, 2.05) is 19.1 Å². The highest BCUT2D eigenvalue weighted by Crippen LogP contribution is 2.49. The number of thiocarbonyl (C=S) groups is 1. The molecule has 2 heterocycles. The van der Waals surface area contributed by atoms with Gasteiger partial charge in [-0.1, -0.05) is 66.1 Å². The number of likely N-dealkylation sites (N-methyl/N-ethyl adjacent to an activating group) is 1. The van der Waals surface area contributed by atoms with Crippen molar-refractivity contribution in [3.8, 4) is 0 Å². The first-order valence-corrected chi connectivity index (χ1v) is 10.6. The van der Waals surface area contributed by atoms with E-state index in [2.05, 4.69) is 48.2 Å². The smallest absolute Gasteiger partial charge is 0.266 e. The molecule has 0 saturated carbocycles. The Bertz CT molecular complexity index is 980. The number of hydrogen-bond acceptors (Lipinski definition) is 5. The summed E-state index contributed by atoms with van der Waals surface area (Å²) in [5.74, 6) is 0.00774. The van der Waals surface area contributed by atoms with Crippen molar-refractivity contribution in [2.24, 2.45) is 0 Å². The van der Waals surface area contributed by atoms with Gasteiger partial charge in [0.05, 0.1) is 15.6 Å². The van der Waals surface area contributed by atoms with Gasteiger partial charge in [0, 0.05) is 23.4 Å². The van der Waals surface area contributed by atoms with Crippen LogP contribution >= 0.6 is 35.7 Å². The number of carbonyl (C=O) groups is 1. The lowest BCUT2D eigenvalue weighted by Gasteiger charge is -2.19. The van der Waals surface area contributed by atoms with Gasteiger partial charge in [-0.2, -0.15) is 0 Å². The van der Waals surface area contributed by atoms with Crippen LogP contribution in [-0.4, -0.2) is 28.2 Å². The average molecular weight is 399 g/mol. The van der Waals surface area contributed by atoms with E-state index in [1.165, 1.54) is 33.1 Å². The molecule has 4 rings (SSSR count). The monoisotopic (exact) mass is 398 g/mol. The lowest BCUT2D eigenvalue weighted by Crippen LogP contribution is -2.27. The molecule has 3 nitrogen and oxygen atoms in total. The maximum Gasteiger partial charge on any atom is 0.266 e. The van der Waals surface area contributed by atoms with Crippen molar-refractivity contribution in [3.63, 3.8) is 0 Å². The van der Waals surface area contributed by atoms with Crippen LogP contribution < -0.4 is 4.90 Å². The minimum atomic E-state index is 0.00774. The third-order valence-electron chi connectivity index (χ3n) is 4.50. The minimum absolute atomic E-state index is 0.00774. The van der Waals surface area contributed by atoms with Gasteiger partial charge in [-0.15, -0.1) is 0 Å². The summed E-state index contributed by atoms with van der Waals surface area (Å²) in [7, 11) is 0. The summed E-state index contributed by atoms with van der Waals surface area (Å²) in [6.07, 6.45) is 3.96. The fourth-order valence-corrected chi connectivity index (χ4v) is 5.72. The van der Waals surface area contributed by atoms with E-state index in [-0.39, 0.29) is 5.91 Å². The van der Waals surface area contributed by atoms with Gasteiger partial charge in [-0.25, -0.2) is 0 Å². The molecule has 0 spiro atoms. The Labute approximate surface area is 167 Å². The Morgan fingerprint density at radius 1 is 1.00 bits per heavy atom. The first kappa shape index (κ1) is 17.6. The molecule has 26 heavy (non-hydrogen) atoms. The van der Waals surface area contributed by atoms with E-state index in [4.69, 9.17) is 12.2 Å². The minimum Gasteiger partial charge on any atom is -0.335 e. The van der Waals surface area contributed by atoms with Crippen molar-refractivity contribution < 1.29 is 4.79 Å².